The lowest BCUT2D eigenvalue weighted by molar-refractivity contribution is -0.119. The summed E-state index contributed by atoms with van der Waals surface area (Å²) in [6.45, 7) is 4.31. The Morgan fingerprint density at radius 2 is 1.89 bits per heavy atom. The second-order valence-electron chi connectivity index (χ2n) is 7.37. The molecule has 0 atom stereocenters. The number of benzene rings is 1. The number of nitrogens with zero attached hydrogens (tertiary/aromatic N) is 1. The first kappa shape index (κ1) is 22.1. The number of rotatable bonds is 9. The van der Waals surface area contributed by atoms with Gasteiger partial charge in [-0.2, -0.15) is 11.8 Å². The second kappa shape index (κ2) is 10.4. The zero-order valence-electron chi connectivity index (χ0n) is 16.7. The van der Waals surface area contributed by atoms with Crippen LogP contribution in [0.4, 0.5) is 5.69 Å². The topological polar surface area (TPSA) is 66.5 Å². The van der Waals surface area contributed by atoms with Crippen molar-refractivity contribution in [3.05, 3.63) is 29.3 Å². The highest BCUT2D eigenvalue weighted by molar-refractivity contribution is 7.99. The van der Waals surface area contributed by atoms with Crippen LogP contribution in [0.5, 0.6) is 0 Å². The predicted molar refractivity (Wildman–Crippen MR) is 115 cm³/mol. The minimum atomic E-state index is -3.52. The minimum absolute atomic E-state index is 0.183. The molecule has 0 aliphatic heterocycles. The lowest BCUT2D eigenvalue weighted by Crippen LogP contribution is -2.40. The molecule has 0 unspecified atom stereocenters. The van der Waals surface area contributed by atoms with Gasteiger partial charge in [-0.1, -0.05) is 25.3 Å². The van der Waals surface area contributed by atoms with Crippen molar-refractivity contribution < 1.29 is 13.2 Å². The summed E-state index contributed by atoms with van der Waals surface area (Å²) in [5, 5.41) is 3.64. The Morgan fingerprint density at radius 1 is 1.19 bits per heavy atom. The largest absolute Gasteiger partial charge is 0.354 e. The van der Waals surface area contributed by atoms with Gasteiger partial charge in [0.05, 0.1) is 11.9 Å². The third-order valence-corrected chi connectivity index (χ3v) is 7.62. The lowest BCUT2D eigenvalue weighted by atomic mass is 10.0. The monoisotopic (exact) mass is 412 g/mol. The highest BCUT2D eigenvalue weighted by Gasteiger charge is 2.21. The molecule has 1 saturated carbocycles. The molecule has 0 bridgehead atoms. The van der Waals surface area contributed by atoms with E-state index in [-0.39, 0.29) is 12.5 Å². The zero-order valence-corrected chi connectivity index (χ0v) is 18.3. The van der Waals surface area contributed by atoms with Crippen LogP contribution in [-0.2, 0) is 14.8 Å². The molecule has 0 saturated heterocycles. The number of hydrogen-bond acceptors (Lipinski definition) is 4. The number of hydrogen-bond donors (Lipinski definition) is 1. The quantitative estimate of drug-likeness (QED) is 0.629. The molecule has 1 amide bonds. The first-order valence-electron chi connectivity index (χ1n) is 9.70. The van der Waals surface area contributed by atoms with Gasteiger partial charge in [0.25, 0.3) is 0 Å². The average molecular weight is 413 g/mol. The summed E-state index contributed by atoms with van der Waals surface area (Å²) in [6, 6.07) is 5.44. The van der Waals surface area contributed by atoms with E-state index in [2.05, 4.69) is 5.32 Å². The average Bonchev–Trinajstić information content (AvgIpc) is 2.62. The van der Waals surface area contributed by atoms with Gasteiger partial charge in [-0.25, -0.2) is 8.42 Å². The van der Waals surface area contributed by atoms with Gasteiger partial charge in [0.1, 0.15) is 6.54 Å². The molecule has 1 aromatic carbocycles. The molecule has 0 radical (unpaired) electrons. The van der Waals surface area contributed by atoms with Gasteiger partial charge < -0.3 is 5.32 Å². The summed E-state index contributed by atoms with van der Waals surface area (Å²) in [5.41, 5.74) is 2.62. The molecule has 27 heavy (non-hydrogen) atoms. The molecule has 152 valence electrons. The number of carbonyl (C=O) groups is 1. The Kier molecular flexibility index (Phi) is 8.48. The third kappa shape index (κ3) is 7.37. The predicted octanol–water partition coefficient (Wildman–Crippen LogP) is 3.64. The van der Waals surface area contributed by atoms with Crippen molar-refractivity contribution >= 4 is 33.4 Å². The van der Waals surface area contributed by atoms with Crippen LogP contribution < -0.4 is 9.62 Å². The van der Waals surface area contributed by atoms with Crippen molar-refractivity contribution in [3.8, 4) is 0 Å². The number of nitrogens with one attached hydrogen (secondary N) is 1. The second-order valence-corrected chi connectivity index (χ2v) is 10.7. The molecule has 0 spiro atoms. The summed E-state index contributed by atoms with van der Waals surface area (Å²) in [5.74, 6) is 0.777. The van der Waals surface area contributed by atoms with E-state index in [9.17, 15) is 13.2 Å². The summed E-state index contributed by atoms with van der Waals surface area (Å²) < 4.78 is 25.5. The van der Waals surface area contributed by atoms with Crippen LogP contribution in [0.25, 0.3) is 0 Å². The zero-order chi connectivity index (χ0) is 19.9. The number of thioether (sulfide) groups is 1. The Hall–Kier alpha value is -1.21. The fraction of sp³-hybridized carbons (Fsp3) is 0.650. The highest BCUT2D eigenvalue weighted by atomic mass is 32.2. The van der Waals surface area contributed by atoms with Crippen LogP contribution in [0.3, 0.4) is 0 Å². The highest BCUT2D eigenvalue weighted by Crippen LogP contribution is 2.28. The summed E-state index contributed by atoms with van der Waals surface area (Å²) in [7, 11) is -3.52. The first-order valence-corrected chi connectivity index (χ1v) is 12.6. The molecule has 1 aliphatic rings. The lowest BCUT2D eigenvalue weighted by Gasteiger charge is -2.23. The fourth-order valence-electron chi connectivity index (χ4n) is 3.25. The van der Waals surface area contributed by atoms with Crippen molar-refractivity contribution in [3.63, 3.8) is 0 Å². The molecule has 0 heterocycles. The van der Waals surface area contributed by atoms with Gasteiger partial charge in [0.15, 0.2) is 0 Å². The number of amides is 1. The van der Waals surface area contributed by atoms with E-state index in [1.807, 2.05) is 37.7 Å². The maximum Gasteiger partial charge on any atom is 0.240 e. The normalized spacial score (nSPS) is 15.5. The van der Waals surface area contributed by atoms with Crippen LogP contribution in [0.1, 0.15) is 49.7 Å². The fourth-order valence-corrected chi connectivity index (χ4v) is 5.41. The van der Waals surface area contributed by atoms with E-state index in [0.717, 1.165) is 34.8 Å². The Balaban J connectivity index is 1.80. The van der Waals surface area contributed by atoms with Gasteiger partial charge in [0, 0.05) is 11.8 Å². The van der Waals surface area contributed by atoms with Crippen molar-refractivity contribution in [1.82, 2.24) is 5.32 Å². The number of aryl methyl sites for hydroxylation is 2. The smallest absolute Gasteiger partial charge is 0.240 e. The van der Waals surface area contributed by atoms with Gasteiger partial charge in [-0.05, 0) is 62.1 Å². The van der Waals surface area contributed by atoms with Crippen molar-refractivity contribution in [2.45, 2.75) is 57.6 Å². The van der Waals surface area contributed by atoms with Crippen molar-refractivity contribution in [1.29, 1.82) is 0 Å². The molecule has 1 aromatic rings. The van der Waals surface area contributed by atoms with E-state index in [1.54, 1.807) is 6.07 Å². The van der Waals surface area contributed by atoms with Gasteiger partial charge in [-0.15, -0.1) is 0 Å². The molecule has 5 nitrogen and oxygen atoms in total. The van der Waals surface area contributed by atoms with E-state index in [0.29, 0.717) is 12.2 Å². The Labute approximate surface area is 168 Å². The number of carbonyl (C=O) groups excluding carboxylic acids is 1. The standard InChI is InChI=1S/C20H32N2O3S2/c1-16-10-11-18(14-17(16)2)22(27(3,24)25)15-20(23)21-12-7-13-26-19-8-5-4-6-9-19/h10-11,14,19H,4-9,12-13,15H2,1-3H3,(H,21,23). The van der Waals surface area contributed by atoms with E-state index >= 15 is 0 Å². The molecule has 1 fully saturated rings. The maximum absolute atomic E-state index is 12.3. The van der Waals surface area contributed by atoms with Gasteiger partial charge >= 0.3 is 0 Å². The number of sulfonamides is 1. The summed E-state index contributed by atoms with van der Waals surface area (Å²) in [6.07, 6.45) is 8.73. The molecule has 0 aromatic heterocycles. The number of anilines is 1. The van der Waals surface area contributed by atoms with E-state index in [4.69, 9.17) is 0 Å². The van der Waals surface area contributed by atoms with Crippen molar-refractivity contribution in [2.75, 3.05) is 29.4 Å². The van der Waals surface area contributed by atoms with E-state index < -0.39 is 10.0 Å². The molecule has 2 rings (SSSR count). The van der Waals surface area contributed by atoms with Crippen molar-refractivity contribution in [2.24, 2.45) is 0 Å². The Bertz CT molecular complexity index is 729. The Morgan fingerprint density at radius 3 is 2.52 bits per heavy atom. The minimum Gasteiger partial charge on any atom is -0.354 e. The summed E-state index contributed by atoms with van der Waals surface area (Å²) >= 11 is 2.01. The molecular formula is C20H32N2O3S2. The molecule has 1 aliphatic carbocycles. The van der Waals surface area contributed by atoms with Crippen LogP contribution in [0, 0.1) is 13.8 Å². The first-order chi connectivity index (χ1) is 12.8. The summed E-state index contributed by atoms with van der Waals surface area (Å²) in [4.78, 5) is 12.3. The maximum atomic E-state index is 12.3. The van der Waals surface area contributed by atoms with Crippen LogP contribution in [0.2, 0.25) is 0 Å². The molecule has 1 N–H and O–H groups in total. The van der Waals surface area contributed by atoms with Crippen LogP contribution >= 0.6 is 11.8 Å². The van der Waals surface area contributed by atoms with Gasteiger partial charge in [-0.3, -0.25) is 9.10 Å². The van der Waals surface area contributed by atoms with E-state index in [1.165, 1.54) is 36.4 Å². The SMILES string of the molecule is Cc1ccc(N(CC(=O)NCCCSC2CCCCC2)S(C)(=O)=O)cc1C. The van der Waals surface area contributed by atoms with Crippen LogP contribution in [0.15, 0.2) is 18.2 Å². The van der Waals surface area contributed by atoms with Crippen LogP contribution in [-0.4, -0.2) is 44.7 Å². The molecule has 7 heteroatoms. The molecular weight excluding hydrogens is 380 g/mol. The van der Waals surface area contributed by atoms with Gasteiger partial charge in [0.2, 0.25) is 15.9 Å². The third-order valence-electron chi connectivity index (χ3n) is 5.02.